The second-order valence-corrected chi connectivity index (χ2v) is 5.86. The molecular weight excluding hydrogens is 228 g/mol. The van der Waals surface area contributed by atoms with Gasteiger partial charge < -0.3 is 10.3 Å². The molecule has 1 aromatic rings. The van der Waals surface area contributed by atoms with E-state index in [2.05, 4.69) is 15.3 Å². The molecule has 0 aliphatic carbocycles. The van der Waals surface area contributed by atoms with Crippen LogP contribution in [0.4, 0.5) is 0 Å². The number of hydrogen-bond donors (Lipinski definition) is 2. The summed E-state index contributed by atoms with van der Waals surface area (Å²) in [5, 5.41) is 3.34. The van der Waals surface area contributed by atoms with Gasteiger partial charge in [-0.1, -0.05) is 0 Å². The highest BCUT2D eigenvalue weighted by Gasteiger charge is 2.31. The maximum Gasteiger partial charge on any atom is 0.260 e. The molecule has 2 rings (SSSR count). The summed E-state index contributed by atoms with van der Waals surface area (Å²) in [7, 11) is -3.42. The Bertz CT molecular complexity index is 468. The summed E-state index contributed by atoms with van der Waals surface area (Å²) in [6.07, 6.45) is 1.37. The maximum absolute atomic E-state index is 12.2. The van der Waals surface area contributed by atoms with Gasteiger partial charge in [-0.05, 0) is 13.8 Å². The van der Waals surface area contributed by atoms with E-state index in [1.807, 2.05) is 6.92 Å². The number of H-pyrrole nitrogens is 1. The Hall–Kier alpha value is -0.920. The lowest BCUT2D eigenvalue weighted by Crippen LogP contribution is -2.52. The molecule has 1 aromatic heterocycles. The van der Waals surface area contributed by atoms with Crippen molar-refractivity contribution in [1.29, 1.82) is 0 Å². The first-order chi connectivity index (χ1) is 7.51. The molecule has 2 heterocycles. The highest BCUT2D eigenvalue weighted by atomic mass is 32.2. The fourth-order valence-electron chi connectivity index (χ4n) is 1.84. The normalized spacial score (nSPS) is 23.5. The summed E-state index contributed by atoms with van der Waals surface area (Å²) >= 11 is 0. The third-order valence-electron chi connectivity index (χ3n) is 2.71. The quantitative estimate of drug-likeness (QED) is 0.749. The average molecular weight is 244 g/mol. The number of nitrogens with zero attached hydrogens (tertiary/aromatic N) is 2. The van der Waals surface area contributed by atoms with E-state index in [4.69, 9.17) is 0 Å². The van der Waals surface area contributed by atoms with Gasteiger partial charge in [0, 0.05) is 25.7 Å². The summed E-state index contributed by atoms with van der Waals surface area (Å²) in [5.74, 6) is 0.612. The lowest BCUT2D eigenvalue weighted by atomic mass is 10.3. The predicted octanol–water partition coefficient (Wildman–Crippen LogP) is -0.299. The molecule has 0 saturated carbocycles. The molecule has 0 spiro atoms. The Morgan fingerprint density at radius 1 is 1.56 bits per heavy atom. The van der Waals surface area contributed by atoms with Crippen LogP contribution in [0.25, 0.3) is 0 Å². The molecule has 0 amide bonds. The third-order valence-corrected chi connectivity index (χ3v) is 4.63. The van der Waals surface area contributed by atoms with E-state index in [0.29, 0.717) is 25.5 Å². The van der Waals surface area contributed by atoms with Crippen LogP contribution in [0.5, 0.6) is 0 Å². The summed E-state index contributed by atoms with van der Waals surface area (Å²) in [6, 6.07) is -0.0256. The number of piperazine rings is 1. The summed E-state index contributed by atoms with van der Waals surface area (Å²) < 4.78 is 26.0. The molecular formula is C9H16N4O2S. The first-order valence-electron chi connectivity index (χ1n) is 5.26. The predicted molar refractivity (Wildman–Crippen MR) is 59.5 cm³/mol. The van der Waals surface area contributed by atoms with E-state index in [1.54, 1.807) is 6.92 Å². The molecule has 2 N–H and O–H groups in total. The molecule has 0 radical (unpaired) electrons. The minimum atomic E-state index is -3.42. The van der Waals surface area contributed by atoms with Crippen molar-refractivity contribution in [3.63, 3.8) is 0 Å². The van der Waals surface area contributed by atoms with Crippen LogP contribution in [0.1, 0.15) is 12.7 Å². The van der Waals surface area contributed by atoms with Crippen molar-refractivity contribution in [1.82, 2.24) is 19.6 Å². The van der Waals surface area contributed by atoms with Crippen LogP contribution in [-0.4, -0.2) is 48.4 Å². The van der Waals surface area contributed by atoms with Gasteiger partial charge >= 0.3 is 0 Å². The van der Waals surface area contributed by atoms with Crippen molar-refractivity contribution in [2.75, 3.05) is 19.6 Å². The molecule has 16 heavy (non-hydrogen) atoms. The fraction of sp³-hybridized carbons (Fsp3) is 0.667. The van der Waals surface area contributed by atoms with E-state index in [-0.39, 0.29) is 11.1 Å². The highest BCUT2D eigenvalue weighted by molar-refractivity contribution is 7.89. The van der Waals surface area contributed by atoms with Gasteiger partial charge in [-0.2, -0.15) is 4.31 Å². The molecule has 0 aromatic carbocycles. The SMILES string of the molecule is Cc1ncc(S(=O)(=O)N2CCNC[C@@H]2C)[nH]1. The van der Waals surface area contributed by atoms with E-state index in [0.717, 1.165) is 0 Å². The molecule has 1 saturated heterocycles. The number of aromatic amines is 1. The minimum Gasteiger partial charge on any atom is -0.332 e. The molecule has 1 atom stereocenters. The first-order valence-corrected chi connectivity index (χ1v) is 6.70. The van der Waals surface area contributed by atoms with Crippen LogP contribution in [0.15, 0.2) is 11.2 Å². The maximum atomic E-state index is 12.2. The zero-order valence-corrected chi connectivity index (χ0v) is 10.2. The van der Waals surface area contributed by atoms with Gasteiger partial charge in [0.05, 0.1) is 6.20 Å². The molecule has 0 bridgehead atoms. The molecule has 6 nitrogen and oxygen atoms in total. The Kier molecular flexibility index (Phi) is 3.00. The Labute approximate surface area is 95.1 Å². The lowest BCUT2D eigenvalue weighted by Gasteiger charge is -2.32. The van der Waals surface area contributed by atoms with E-state index >= 15 is 0 Å². The molecule has 0 unspecified atom stereocenters. The van der Waals surface area contributed by atoms with Crippen molar-refractivity contribution in [3.8, 4) is 0 Å². The van der Waals surface area contributed by atoms with Crippen LogP contribution in [0, 0.1) is 6.92 Å². The van der Waals surface area contributed by atoms with Crippen molar-refractivity contribution < 1.29 is 8.42 Å². The smallest absolute Gasteiger partial charge is 0.260 e. The second kappa shape index (κ2) is 4.15. The number of hydrogen-bond acceptors (Lipinski definition) is 4. The molecule has 1 aliphatic heterocycles. The van der Waals surface area contributed by atoms with Crippen molar-refractivity contribution >= 4 is 10.0 Å². The standard InChI is InChI=1S/C9H16N4O2S/c1-7-5-10-3-4-13(7)16(14,15)9-6-11-8(2)12-9/h6-7,10H,3-5H2,1-2H3,(H,11,12)/t7-/m0/s1. The van der Waals surface area contributed by atoms with E-state index in [1.165, 1.54) is 10.5 Å². The third kappa shape index (κ3) is 1.98. The molecule has 1 aliphatic rings. The number of aromatic nitrogens is 2. The monoisotopic (exact) mass is 244 g/mol. The topological polar surface area (TPSA) is 78.1 Å². The largest absolute Gasteiger partial charge is 0.332 e. The van der Waals surface area contributed by atoms with Gasteiger partial charge in [-0.3, -0.25) is 0 Å². The van der Waals surface area contributed by atoms with Gasteiger partial charge in [0.25, 0.3) is 10.0 Å². The summed E-state index contributed by atoms with van der Waals surface area (Å²) in [4.78, 5) is 6.70. The molecule has 7 heteroatoms. The lowest BCUT2D eigenvalue weighted by molar-refractivity contribution is 0.283. The van der Waals surface area contributed by atoms with Crippen LogP contribution < -0.4 is 5.32 Å². The Morgan fingerprint density at radius 2 is 2.31 bits per heavy atom. The summed E-state index contributed by atoms with van der Waals surface area (Å²) in [5.41, 5.74) is 0. The van der Waals surface area contributed by atoms with Crippen molar-refractivity contribution in [2.24, 2.45) is 0 Å². The van der Waals surface area contributed by atoms with E-state index in [9.17, 15) is 8.42 Å². The van der Waals surface area contributed by atoms with Crippen LogP contribution in [0.2, 0.25) is 0 Å². The zero-order chi connectivity index (χ0) is 11.8. The second-order valence-electron chi connectivity index (χ2n) is 4.00. The minimum absolute atomic E-state index is 0.0256. The number of nitrogens with one attached hydrogen (secondary N) is 2. The zero-order valence-electron chi connectivity index (χ0n) is 9.40. The number of aryl methyl sites for hydroxylation is 1. The van der Waals surface area contributed by atoms with Crippen LogP contribution in [-0.2, 0) is 10.0 Å². The van der Waals surface area contributed by atoms with E-state index < -0.39 is 10.0 Å². The van der Waals surface area contributed by atoms with Crippen LogP contribution in [0.3, 0.4) is 0 Å². The number of sulfonamides is 1. The van der Waals surface area contributed by atoms with Gasteiger partial charge in [0.15, 0.2) is 5.03 Å². The molecule has 90 valence electrons. The Morgan fingerprint density at radius 3 is 2.88 bits per heavy atom. The summed E-state index contributed by atoms with van der Waals surface area (Å²) in [6.45, 7) is 5.51. The first kappa shape index (κ1) is 11.6. The van der Waals surface area contributed by atoms with Crippen molar-refractivity contribution in [3.05, 3.63) is 12.0 Å². The van der Waals surface area contributed by atoms with Crippen molar-refractivity contribution in [2.45, 2.75) is 24.9 Å². The highest BCUT2D eigenvalue weighted by Crippen LogP contribution is 2.17. The van der Waals surface area contributed by atoms with Gasteiger partial charge in [0.1, 0.15) is 5.82 Å². The fourth-order valence-corrected chi connectivity index (χ4v) is 3.43. The molecule has 1 fully saturated rings. The number of rotatable bonds is 2. The van der Waals surface area contributed by atoms with Gasteiger partial charge in [-0.25, -0.2) is 13.4 Å². The average Bonchev–Trinajstić information content (AvgIpc) is 2.66. The van der Waals surface area contributed by atoms with Gasteiger partial charge in [0.2, 0.25) is 0 Å². The van der Waals surface area contributed by atoms with Gasteiger partial charge in [-0.15, -0.1) is 0 Å². The number of imidazole rings is 1. The Balaban J connectivity index is 2.31. The van der Waals surface area contributed by atoms with Crippen LogP contribution >= 0.6 is 0 Å².